The Kier molecular flexibility index (Phi) is 5.80. The third-order valence-corrected chi connectivity index (χ3v) is 6.07. The zero-order valence-corrected chi connectivity index (χ0v) is 14.2. The lowest BCUT2D eigenvalue weighted by atomic mass is 9.99. The largest absolute Gasteiger partial charge is 0.356 e. The number of rotatable bonds is 4. The average molecular weight is 358 g/mol. The molecule has 3 rings (SSSR count). The number of nitrogens with zero attached hydrogens (tertiary/aromatic N) is 2. The van der Waals surface area contributed by atoms with E-state index < -0.39 is 10.0 Å². The molecule has 0 unspecified atom stereocenters. The molecule has 1 saturated heterocycles. The van der Waals surface area contributed by atoms with E-state index in [-0.39, 0.29) is 17.3 Å². The molecule has 6 nitrogen and oxygen atoms in total. The second-order valence-electron chi connectivity index (χ2n) is 5.46. The maximum absolute atomic E-state index is 12.9. The van der Waals surface area contributed by atoms with E-state index in [2.05, 4.69) is 5.16 Å². The van der Waals surface area contributed by atoms with Crippen molar-refractivity contribution in [2.75, 3.05) is 19.6 Å². The first-order valence-electron chi connectivity index (χ1n) is 7.33. The Labute approximate surface area is 142 Å². The first-order valence-corrected chi connectivity index (χ1v) is 8.77. The molecule has 0 saturated carbocycles. The number of sulfonamides is 1. The molecule has 0 spiro atoms. The van der Waals surface area contributed by atoms with E-state index in [9.17, 15) is 8.42 Å². The standard InChI is InChI=1S/C15H19N3O3S.ClH/c16-11-12-6-9-18(10-7-12)22(19,20)15-4-2-1-3-13(15)14-5-8-17-21-14;/h1-5,8,12H,6-7,9-11,16H2;1H. The molecular formula is C15H20ClN3O3S. The third-order valence-electron chi connectivity index (χ3n) is 4.11. The first kappa shape index (κ1) is 17.9. The second kappa shape index (κ2) is 7.44. The summed E-state index contributed by atoms with van der Waals surface area (Å²) in [4.78, 5) is 0.262. The van der Waals surface area contributed by atoms with Gasteiger partial charge < -0.3 is 10.3 Å². The molecule has 0 radical (unpaired) electrons. The molecule has 1 fully saturated rings. The fraction of sp³-hybridized carbons (Fsp3) is 0.400. The lowest BCUT2D eigenvalue weighted by Gasteiger charge is -2.30. The Balaban J connectivity index is 0.00000192. The predicted octanol–water partition coefficient (Wildman–Crippen LogP) is 2.12. The summed E-state index contributed by atoms with van der Waals surface area (Å²) < 4.78 is 32.5. The Morgan fingerprint density at radius 1 is 1.22 bits per heavy atom. The Bertz CT molecular complexity index is 726. The molecule has 1 aliphatic heterocycles. The van der Waals surface area contributed by atoms with Crippen LogP contribution in [0.3, 0.4) is 0 Å². The summed E-state index contributed by atoms with van der Waals surface area (Å²) in [5.74, 6) is 0.868. The van der Waals surface area contributed by atoms with Crippen LogP contribution in [-0.4, -0.2) is 37.5 Å². The minimum Gasteiger partial charge on any atom is -0.356 e. The monoisotopic (exact) mass is 357 g/mol. The summed E-state index contributed by atoms with van der Waals surface area (Å²) >= 11 is 0. The van der Waals surface area contributed by atoms with Crippen molar-refractivity contribution in [3.8, 4) is 11.3 Å². The van der Waals surface area contributed by atoms with Crippen molar-refractivity contribution in [3.63, 3.8) is 0 Å². The second-order valence-corrected chi connectivity index (χ2v) is 7.36. The van der Waals surface area contributed by atoms with Crippen molar-refractivity contribution in [3.05, 3.63) is 36.5 Å². The van der Waals surface area contributed by atoms with Gasteiger partial charge in [-0.2, -0.15) is 4.31 Å². The summed E-state index contributed by atoms with van der Waals surface area (Å²) in [5.41, 5.74) is 6.21. The van der Waals surface area contributed by atoms with Crippen LogP contribution in [0.5, 0.6) is 0 Å². The van der Waals surface area contributed by atoms with Gasteiger partial charge in [0.2, 0.25) is 10.0 Å². The van der Waals surface area contributed by atoms with Gasteiger partial charge in [0.1, 0.15) is 0 Å². The van der Waals surface area contributed by atoms with Gasteiger partial charge in [0.15, 0.2) is 5.76 Å². The van der Waals surface area contributed by atoms with E-state index in [4.69, 9.17) is 10.3 Å². The molecule has 2 heterocycles. The van der Waals surface area contributed by atoms with Crippen LogP contribution in [0, 0.1) is 5.92 Å². The van der Waals surface area contributed by atoms with Gasteiger partial charge in [-0.1, -0.05) is 17.3 Å². The van der Waals surface area contributed by atoms with Crippen molar-refractivity contribution in [2.45, 2.75) is 17.7 Å². The normalized spacial score (nSPS) is 16.9. The van der Waals surface area contributed by atoms with Crippen molar-refractivity contribution >= 4 is 22.4 Å². The first-order chi connectivity index (χ1) is 10.6. The number of piperidine rings is 1. The van der Waals surface area contributed by atoms with Gasteiger partial charge in [0, 0.05) is 24.7 Å². The molecule has 0 amide bonds. The van der Waals surface area contributed by atoms with Gasteiger partial charge in [0.25, 0.3) is 0 Å². The molecule has 0 bridgehead atoms. The van der Waals surface area contributed by atoms with Crippen LogP contribution in [0.2, 0.25) is 0 Å². The lowest BCUT2D eigenvalue weighted by molar-refractivity contribution is 0.278. The fourth-order valence-corrected chi connectivity index (χ4v) is 4.44. The highest BCUT2D eigenvalue weighted by Gasteiger charge is 2.31. The average Bonchev–Trinajstić information content (AvgIpc) is 3.09. The van der Waals surface area contributed by atoms with E-state index in [1.165, 1.54) is 10.5 Å². The van der Waals surface area contributed by atoms with Crippen LogP contribution >= 0.6 is 12.4 Å². The maximum Gasteiger partial charge on any atom is 0.243 e. The quantitative estimate of drug-likeness (QED) is 0.905. The lowest BCUT2D eigenvalue weighted by Crippen LogP contribution is -2.40. The van der Waals surface area contributed by atoms with Gasteiger partial charge in [-0.05, 0) is 37.4 Å². The molecule has 8 heteroatoms. The molecular weight excluding hydrogens is 338 g/mol. The maximum atomic E-state index is 12.9. The molecule has 2 N–H and O–H groups in total. The molecule has 1 aromatic heterocycles. The zero-order valence-electron chi connectivity index (χ0n) is 12.6. The summed E-state index contributed by atoms with van der Waals surface area (Å²) in [5, 5.41) is 3.66. The highest BCUT2D eigenvalue weighted by molar-refractivity contribution is 7.89. The molecule has 0 atom stereocenters. The zero-order chi connectivity index (χ0) is 15.6. The van der Waals surface area contributed by atoms with Gasteiger partial charge in [-0.3, -0.25) is 0 Å². The highest BCUT2D eigenvalue weighted by Crippen LogP contribution is 2.31. The molecule has 1 aromatic carbocycles. The smallest absolute Gasteiger partial charge is 0.243 e. The molecule has 23 heavy (non-hydrogen) atoms. The topological polar surface area (TPSA) is 89.4 Å². The van der Waals surface area contributed by atoms with Gasteiger partial charge in [-0.25, -0.2) is 8.42 Å². The van der Waals surface area contributed by atoms with E-state index in [1.54, 1.807) is 30.3 Å². The number of benzene rings is 1. The van der Waals surface area contributed by atoms with Crippen molar-refractivity contribution in [2.24, 2.45) is 11.7 Å². The summed E-state index contributed by atoms with van der Waals surface area (Å²) in [6.07, 6.45) is 3.12. The molecule has 2 aromatic rings. The number of hydrogen-bond donors (Lipinski definition) is 1. The minimum atomic E-state index is -3.55. The van der Waals surface area contributed by atoms with Gasteiger partial charge in [0.05, 0.1) is 11.1 Å². The SMILES string of the molecule is Cl.NCC1CCN(S(=O)(=O)c2ccccc2-c2ccno2)CC1. The third kappa shape index (κ3) is 3.58. The van der Waals surface area contributed by atoms with E-state index >= 15 is 0 Å². The summed E-state index contributed by atoms with van der Waals surface area (Å²) in [6, 6.07) is 8.52. The van der Waals surface area contributed by atoms with Crippen LogP contribution in [0.1, 0.15) is 12.8 Å². The number of aromatic nitrogens is 1. The molecule has 126 valence electrons. The highest BCUT2D eigenvalue weighted by atomic mass is 35.5. The van der Waals surface area contributed by atoms with Crippen LogP contribution in [0.4, 0.5) is 0 Å². The van der Waals surface area contributed by atoms with E-state index in [0.29, 0.717) is 36.9 Å². The Morgan fingerprint density at radius 3 is 2.52 bits per heavy atom. The Hall–Kier alpha value is -1.41. The van der Waals surface area contributed by atoms with Crippen molar-refractivity contribution < 1.29 is 12.9 Å². The van der Waals surface area contributed by atoms with Crippen molar-refractivity contribution in [1.29, 1.82) is 0 Å². The number of halogens is 1. The summed E-state index contributed by atoms with van der Waals surface area (Å²) in [7, 11) is -3.55. The number of hydrogen-bond acceptors (Lipinski definition) is 5. The van der Waals surface area contributed by atoms with Crippen LogP contribution in [0.25, 0.3) is 11.3 Å². The molecule has 1 aliphatic rings. The Morgan fingerprint density at radius 2 is 1.91 bits per heavy atom. The number of nitrogens with two attached hydrogens (primary N) is 1. The van der Waals surface area contributed by atoms with Gasteiger partial charge >= 0.3 is 0 Å². The van der Waals surface area contributed by atoms with E-state index in [1.807, 2.05) is 0 Å². The van der Waals surface area contributed by atoms with Crippen molar-refractivity contribution in [1.82, 2.24) is 9.46 Å². The summed E-state index contributed by atoms with van der Waals surface area (Å²) in [6.45, 7) is 1.63. The van der Waals surface area contributed by atoms with Crippen LogP contribution in [0.15, 0.2) is 45.9 Å². The molecule has 0 aliphatic carbocycles. The minimum absolute atomic E-state index is 0. The van der Waals surface area contributed by atoms with E-state index in [0.717, 1.165) is 12.8 Å². The fourth-order valence-electron chi connectivity index (χ4n) is 2.77. The predicted molar refractivity (Wildman–Crippen MR) is 89.7 cm³/mol. The van der Waals surface area contributed by atoms with Gasteiger partial charge in [-0.15, -0.1) is 12.4 Å². The van der Waals surface area contributed by atoms with Crippen LogP contribution < -0.4 is 5.73 Å². The van der Waals surface area contributed by atoms with Crippen LogP contribution in [-0.2, 0) is 10.0 Å².